The van der Waals surface area contributed by atoms with Crippen LogP contribution in [0.3, 0.4) is 0 Å². The number of hydrogen-bond donors (Lipinski definition) is 1. The van der Waals surface area contributed by atoms with E-state index in [1.54, 1.807) is 13.8 Å². The van der Waals surface area contributed by atoms with Crippen LogP contribution in [0.4, 0.5) is 8.78 Å². The van der Waals surface area contributed by atoms with Gasteiger partial charge in [0.25, 0.3) is 6.43 Å². The average Bonchev–Trinajstić information content (AvgIpc) is 2.01. The molecule has 0 saturated heterocycles. The molecular formula is C9H13F2N3. The summed E-state index contributed by atoms with van der Waals surface area (Å²) in [4.78, 5) is 7.76. The molecule has 1 aromatic heterocycles. The summed E-state index contributed by atoms with van der Waals surface area (Å²) < 4.78 is 24.7. The van der Waals surface area contributed by atoms with Gasteiger partial charge in [0.05, 0.1) is 0 Å². The Kier molecular flexibility index (Phi) is 3.46. The fourth-order valence-electron chi connectivity index (χ4n) is 1.15. The molecule has 0 aliphatic heterocycles. The van der Waals surface area contributed by atoms with Crippen LogP contribution < -0.4 is 5.73 Å². The molecule has 14 heavy (non-hydrogen) atoms. The van der Waals surface area contributed by atoms with Gasteiger partial charge in [0, 0.05) is 18.2 Å². The number of nitrogens with two attached hydrogens (primary N) is 1. The summed E-state index contributed by atoms with van der Waals surface area (Å²) in [6, 6.07) is 1.16. The molecule has 0 aliphatic carbocycles. The fraction of sp³-hybridized carbons (Fsp3) is 0.556. The fourth-order valence-corrected chi connectivity index (χ4v) is 1.15. The second-order valence-electron chi connectivity index (χ2n) is 3.33. The van der Waals surface area contributed by atoms with E-state index in [4.69, 9.17) is 5.73 Å². The lowest BCUT2D eigenvalue weighted by Gasteiger charge is -2.06. The normalized spacial score (nSPS) is 13.3. The van der Waals surface area contributed by atoms with Gasteiger partial charge in [-0.3, -0.25) is 0 Å². The van der Waals surface area contributed by atoms with Gasteiger partial charge in [-0.2, -0.15) is 0 Å². The maximum Gasteiger partial charge on any atom is 0.280 e. The van der Waals surface area contributed by atoms with E-state index in [-0.39, 0.29) is 11.7 Å². The van der Waals surface area contributed by atoms with E-state index in [0.29, 0.717) is 17.9 Å². The van der Waals surface area contributed by atoms with Gasteiger partial charge in [-0.25, -0.2) is 18.7 Å². The third-order valence-corrected chi connectivity index (χ3v) is 1.65. The first-order valence-corrected chi connectivity index (χ1v) is 4.37. The van der Waals surface area contributed by atoms with Crippen LogP contribution in [0, 0.1) is 6.92 Å². The van der Waals surface area contributed by atoms with Crippen molar-refractivity contribution in [1.29, 1.82) is 0 Å². The third-order valence-electron chi connectivity index (χ3n) is 1.65. The molecule has 0 saturated carbocycles. The highest BCUT2D eigenvalue weighted by Gasteiger charge is 2.12. The molecule has 0 aliphatic rings. The average molecular weight is 201 g/mol. The van der Waals surface area contributed by atoms with E-state index in [1.165, 1.54) is 6.07 Å². The van der Waals surface area contributed by atoms with Crippen LogP contribution in [0.2, 0.25) is 0 Å². The standard InChI is InChI=1S/C9H13F2N3/c1-5(12)3-8-13-6(2)4-7(14-8)9(10)11/h4-5,9H,3,12H2,1-2H3. The van der Waals surface area contributed by atoms with Crippen LogP contribution in [0.1, 0.15) is 30.6 Å². The number of nitrogens with zero attached hydrogens (tertiary/aromatic N) is 2. The topological polar surface area (TPSA) is 51.8 Å². The minimum absolute atomic E-state index is 0.123. The number of aryl methyl sites for hydroxylation is 1. The molecule has 0 spiro atoms. The van der Waals surface area contributed by atoms with E-state index in [0.717, 1.165) is 0 Å². The Labute approximate surface area is 81.4 Å². The lowest BCUT2D eigenvalue weighted by atomic mass is 10.2. The molecule has 0 fully saturated rings. The summed E-state index contributed by atoms with van der Waals surface area (Å²) in [5, 5.41) is 0. The predicted octanol–water partition coefficient (Wildman–Crippen LogP) is 1.61. The molecule has 1 rings (SSSR count). The zero-order chi connectivity index (χ0) is 10.7. The minimum atomic E-state index is -2.55. The maximum absolute atomic E-state index is 12.3. The number of halogens is 2. The summed E-state index contributed by atoms with van der Waals surface area (Å²) in [6.07, 6.45) is -2.13. The smallest absolute Gasteiger partial charge is 0.280 e. The van der Waals surface area contributed by atoms with Crippen molar-refractivity contribution in [2.24, 2.45) is 5.73 Å². The summed E-state index contributed by atoms with van der Waals surface area (Å²) in [5.74, 6) is 0.385. The maximum atomic E-state index is 12.3. The van der Waals surface area contributed by atoms with Crippen molar-refractivity contribution in [3.05, 3.63) is 23.3 Å². The van der Waals surface area contributed by atoms with Gasteiger partial charge in [-0.1, -0.05) is 0 Å². The van der Waals surface area contributed by atoms with Crippen LogP contribution in [-0.4, -0.2) is 16.0 Å². The molecule has 1 atom stereocenters. The number of alkyl halides is 2. The lowest BCUT2D eigenvalue weighted by molar-refractivity contribution is 0.145. The predicted molar refractivity (Wildman–Crippen MR) is 49.1 cm³/mol. The highest BCUT2D eigenvalue weighted by Crippen LogP contribution is 2.16. The van der Waals surface area contributed by atoms with Gasteiger partial charge >= 0.3 is 0 Å². The Morgan fingerprint density at radius 1 is 1.43 bits per heavy atom. The summed E-state index contributed by atoms with van der Waals surface area (Å²) in [7, 11) is 0. The van der Waals surface area contributed by atoms with Gasteiger partial charge in [0.1, 0.15) is 11.5 Å². The van der Waals surface area contributed by atoms with Gasteiger partial charge in [0.15, 0.2) is 0 Å². The molecule has 0 aromatic carbocycles. The molecule has 78 valence electrons. The van der Waals surface area contributed by atoms with E-state index >= 15 is 0 Å². The molecule has 0 amide bonds. The molecule has 0 bridgehead atoms. The van der Waals surface area contributed by atoms with E-state index in [1.807, 2.05) is 0 Å². The van der Waals surface area contributed by atoms with Crippen LogP contribution in [0.15, 0.2) is 6.07 Å². The van der Waals surface area contributed by atoms with Gasteiger partial charge < -0.3 is 5.73 Å². The van der Waals surface area contributed by atoms with Crippen molar-refractivity contribution in [2.75, 3.05) is 0 Å². The lowest BCUT2D eigenvalue weighted by Crippen LogP contribution is -2.20. The van der Waals surface area contributed by atoms with Crippen LogP contribution in [0.25, 0.3) is 0 Å². The Hall–Kier alpha value is -1.10. The molecule has 1 unspecified atom stereocenters. The van der Waals surface area contributed by atoms with E-state index in [9.17, 15) is 8.78 Å². The Bertz CT molecular complexity index is 313. The number of hydrogen-bond acceptors (Lipinski definition) is 3. The summed E-state index contributed by atoms with van der Waals surface area (Å²) in [5.41, 5.74) is 5.85. The number of rotatable bonds is 3. The van der Waals surface area contributed by atoms with Crippen molar-refractivity contribution in [2.45, 2.75) is 32.7 Å². The number of aromatic nitrogens is 2. The zero-order valence-electron chi connectivity index (χ0n) is 8.17. The van der Waals surface area contributed by atoms with Crippen molar-refractivity contribution in [3.8, 4) is 0 Å². The largest absolute Gasteiger partial charge is 0.328 e. The molecule has 3 nitrogen and oxygen atoms in total. The Balaban J connectivity index is 2.95. The summed E-state index contributed by atoms with van der Waals surface area (Å²) in [6.45, 7) is 3.45. The first kappa shape index (κ1) is 11.0. The van der Waals surface area contributed by atoms with Crippen molar-refractivity contribution >= 4 is 0 Å². The second kappa shape index (κ2) is 4.41. The second-order valence-corrected chi connectivity index (χ2v) is 3.33. The van der Waals surface area contributed by atoms with Crippen LogP contribution in [0.5, 0.6) is 0 Å². The Morgan fingerprint density at radius 3 is 2.57 bits per heavy atom. The zero-order valence-corrected chi connectivity index (χ0v) is 8.17. The van der Waals surface area contributed by atoms with Gasteiger partial charge in [0.2, 0.25) is 0 Å². The van der Waals surface area contributed by atoms with Crippen molar-refractivity contribution in [3.63, 3.8) is 0 Å². The van der Waals surface area contributed by atoms with Gasteiger partial charge in [-0.05, 0) is 19.9 Å². The first-order valence-electron chi connectivity index (χ1n) is 4.37. The van der Waals surface area contributed by atoms with Crippen molar-refractivity contribution in [1.82, 2.24) is 9.97 Å². The highest BCUT2D eigenvalue weighted by molar-refractivity contribution is 5.11. The SMILES string of the molecule is Cc1cc(C(F)F)nc(CC(C)N)n1. The van der Waals surface area contributed by atoms with E-state index in [2.05, 4.69) is 9.97 Å². The molecule has 2 N–H and O–H groups in total. The minimum Gasteiger partial charge on any atom is -0.328 e. The Morgan fingerprint density at radius 2 is 2.07 bits per heavy atom. The quantitative estimate of drug-likeness (QED) is 0.808. The molecule has 1 aromatic rings. The first-order chi connectivity index (χ1) is 6.49. The molecule has 0 radical (unpaired) electrons. The van der Waals surface area contributed by atoms with Crippen LogP contribution in [-0.2, 0) is 6.42 Å². The molecule has 5 heteroatoms. The summed E-state index contributed by atoms with van der Waals surface area (Å²) >= 11 is 0. The monoisotopic (exact) mass is 201 g/mol. The highest BCUT2D eigenvalue weighted by atomic mass is 19.3. The van der Waals surface area contributed by atoms with Gasteiger partial charge in [-0.15, -0.1) is 0 Å². The molecular weight excluding hydrogens is 188 g/mol. The van der Waals surface area contributed by atoms with Crippen molar-refractivity contribution < 1.29 is 8.78 Å². The molecule has 1 heterocycles. The third kappa shape index (κ3) is 2.99. The van der Waals surface area contributed by atoms with E-state index < -0.39 is 6.43 Å². The van der Waals surface area contributed by atoms with Crippen LogP contribution >= 0.6 is 0 Å².